The molecule has 1 unspecified atom stereocenters. The lowest BCUT2D eigenvalue weighted by atomic mass is 9.83. The first-order valence-corrected chi connectivity index (χ1v) is 4.97. The number of alkyl halides is 1. The highest BCUT2D eigenvalue weighted by molar-refractivity contribution is 6.20. The second-order valence-electron chi connectivity index (χ2n) is 4.48. The molecule has 11 heavy (non-hydrogen) atoms. The van der Waals surface area contributed by atoms with Crippen LogP contribution in [-0.2, 0) is 0 Å². The van der Waals surface area contributed by atoms with Gasteiger partial charge in [0, 0.05) is 5.38 Å². The quantitative estimate of drug-likeness (QED) is 0.567. The van der Waals surface area contributed by atoms with Crippen LogP contribution in [0.15, 0.2) is 0 Å². The summed E-state index contributed by atoms with van der Waals surface area (Å²) in [5.41, 5.74) is 0.413. The molecule has 0 aromatic carbocycles. The summed E-state index contributed by atoms with van der Waals surface area (Å²) in [6.45, 7) is 11.2. The molecule has 0 radical (unpaired) electrons. The number of halogens is 1. The van der Waals surface area contributed by atoms with Crippen LogP contribution in [-0.4, -0.2) is 5.38 Å². The Morgan fingerprint density at radius 1 is 1.27 bits per heavy atom. The average molecular weight is 177 g/mol. The van der Waals surface area contributed by atoms with Gasteiger partial charge in [0.2, 0.25) is 0 Å². The molecule has 0 nitrogen and oxygen atoms in total. The van der Waals surface area contributed by atoms with Crippen molar-refractivity contribution < 1.29 is 0 Å². The van der Waals surface area contributed by atoms with E-state index in [-0.39, 0.29) is 0 Å². The Bertz CT molecular complexity index is 105. The fourth-order valence-corrected chi connectivity index (χ4v) is 1.33. The standard InChI is InChI=1S/C10H21Cl/c1-6-10(4,5)7-9(11)8(2)3/h8-9H,6-7H2,1-5H3. The molecule has 0 bridgehead atoms. The van der Waals surface area contributed by atoms with Crippen molar-refractivity contribution in [2.45, 2.75) is 52.8 Å². The minimum Gasteiger partial charge on any atom is -0.123 e. The lowest BCUT2D eigenvalue weighted by Crippen LogP contribution is -2.19. The van der Waals surface area contributed by atoms with Crippen molar-refractivity contribution in [2.24, 2.45) is 11.3 Å². The SMILES string of the molecule is CCC(C)(C)CC(Cl)C(C)C. The number of hydrogen-bond acceptors (Lipinski definition) is 0. The van der Waals surface area contributed by atoms with Crippen molar-refractivity contribution in [3.05, 3.63) is 0 Å². The molecule has 0 amide bonds. The lowest BCUT2D eigenvalue weighted by Gasteiger charge is -2.27. The minimum atomic E-state index is 0.338. The monoisotopic (exact) mass is 176 g/mol. The third kappa shape index (κ3) is 4.68. The molecule has 0 spiro atoms. The highest BCUT2D eigenvalue weighted by Crippen LogP contribution is 2.30. The largest absolute Gasteiger partial charge is 0.123 e. The second-order valence-corrected chi connectivity index (χ2v) is 5.04. The Morgan fingerprint density at radius 3 is 2.00 bits per heavy atom. The van der Waals surface area contributed by atoms with E-state index in [9.17, 15) is 0 Å². The zero-order valence-electron chi connectivity index (χ0n) is 8.45. The van der Waals surface area contributed by atoms with Gasteiger partial charge in [-0.2, -0.15) is 0 Å². The summed E-state index contributed by atoms with van der Waals surface area (Å²) in [6.07, 6.45) is 2.34. The summed E-state index contributed by atoms with van der Waals surface area (Å²) in [6, 6.07) is 0. The van der Waals surface area contributed by atoms with E-state index in [0.717, 1.165) is 6.42 Å². The van der Waals surface area contributed by atoms with Crippen LogP contribution in [0.25, 0.3) is 0 Å². The maximum Gasteiger partial charge on any atom is 0.0364 e. The van der Waals surface area contributed by atoms with Crippen LogP contribution < -0.4 is 0 Å². The predicted octanol–water partition coefficient (Wildman–Crippen LogP) is 4.08. The first kappa shape index (κ1) is 11.3. The Balaban J connectivity index is 3.83. The van der Waals surface area contributed by atoms with Gasteiger partial charge in [0.25, 0.3) is 0 Å². The summed E-state index contributed by atoms with van der Waals surface area (Å²) >= 11 is 6.18. The van der Waals surface area contributed by atoms with Crippen LogP contribution in [0, 0.1) is 11.3 Å². The molecular formula is C10H21Cl. The fraction of sp³-hybridized carbons (Fsp3) is 1.00. The normalized spacial score (nSPS) is 15.5. The molecule has 0 saturated carbocycles. The molecule has 0 aromatic rings. The van der Waals surface area contributed by atoms with E-state index in [0.29, 0.717) is 16.7 Å². The topological polar surface area (TPSA) is 0 Å². The Morgan fingerprint density at radius 2 is 1.73 bits per heavy atom. The summed E-state index contributed by atoms with van der Waals surface area (Å²) in [7, 11) is 0. The summed E-state index contributed by atoms with van der Waals surface area (Å²) in [5.74, 6) is 0.600. The Kier molecular flexibility index (Phi) is 4.46. The Labute approximate surface area is 76.3 Å². The molecule has 0 rings (SSSR count). The summed E-state index contributed by atoms with van der Waals surface area (Å²) in [4.78, 5) is 0. The fourth-order valence-electron chi connectivity index (χ4n) is 0.908. The second kappa shape index (κ2) is 4.35. The van der Waals surface area contributed by atoms with Gasteiger partial charge >= 0.3 is 0 Å². The van der Waals surface area contributed by atoms with Gasteiger partial charge in [-0.3, -0.25) is 0 Å². The van der Waals surface area contributed by atoms with Crippen LogP contribution in [0.5, 0.6) is 0 Å². The van der Waals surface area contributed by atoms with E-state index >= 15 is 0 Å². The molecule has 0 aliphatic carbocycles. The third-order valence-corrected chi connectivity index (χ3v) is 3.09. The van der Waals surface area contributed by atoms with Crippen molar-refractivity contribution in [1.82, 2.24) is 0 Å². The molecule has 0 aliphatic heterocycles. The molecule has 0 fully saturated rings. The highest BCUT2D eigenvalue weighted by atomic mass is 35.5. The van der Waals surface area contributed by atoms with Gasteiger partial charge in [0.15, 0.2) is 0 Å². The molecule has 0 saturated heterocycles. The highest BCUT2D eigenvalue weighted by Gasteiger charge is 2.21. The smallest absolute Gasteiger partial charge is 0.0364 e. The van der Waals surface area contributed by atoms with E-state index < -0.39 is 0 Å². The van der Waals surface area contributed by atoms with Gasteiger partial charge in [-0.05, 0) is 17.8 Å². The number of hydrogen-bond donors (Lipinski definition) is 0. The van der Waals surface area contributed by atoms with Gasteiger partial charge in [-0.15, -0.1) is 11.6 Å². The molecular weight excluding hydrogens is 156 g/mol. The summed E-state index contributed by atoms with van der Waals surface area (Å²) in [5, 5.41) is 0.338. The third-order valence-electron chi connectivity index (χ3n) is 2.43. The zero-order valence-corrected chi connectivity index (χ0v) is 9.20. The van der Waals surface area contributed by atoms with Gasteiger partial charge in [0.1, 0.15) is 0 Å². The lowest BCUT2D eigenvalue weighted by molar-refractivity contribution is 0.297. The molecule has 0 aromatic heterocycles. The summed E-state index contributed by atoms with van der Waals surface area (Å²) < 4.78 is 0. The molecule has 0 N–H and O–H groups in total. The van der Waals surface area contributed by atoms with E-state index in [4.69, 9.17) is 11.6 Å². The number of rotatable bonds is 4. The minimum absolute atomic E-state index is 0.338. The van der Waals surface area contributed by atoms with Crippen molar-refractivity contribution in [1.29, 1.82) is 0 Å². The van der Waals surface area contributed by atoms with E-state index in [2.05, 4.69) is 34.6 Å². The van der Waals surface area contributed by atoms with Crippen molar-refractivity contribution in [3.8, 4) is 0 Å². The molecule has 1 atom stereocenters. The van der Waals surface area contributed by atoms with Crippen LogP contribution in [0.1, 0.15) is 47.5 Å². The molecule has 1 heteroatoms. The molecule has 68 valence electrons. The maximum absolute atomic E-state index is 6.18. The van der Waals surface area contributed by atoms with Crippen LogP contribution in [0.4, 0.5) is 0 Å². The van der Waals surface area contributed by atoms with Crippen molar-refractivity contribution in [2.75, 3.05) is 0 Å². The maximum atomic E-state index is 6.18. The van der Waals surface area contributed by atoms with E-state index in [1.807, 2.05) is 0 Å². The Hall–Kier alpha value is 0.290. The van der Waals surface area contributed by atoms with Gasteiger partial charge in [-0.25, -0.2) is 0 Å². The molecule has 0 aliphatic rings. The first-order valence-electron chi connectivity index (χ1n) is 4.53. The average Bonchev–Trinajstić information content (AvgIpc) is 1.87. The zero-order chi connectivity index (χ0) is 9.07. The molecule has 0 heterocycles. The first-order chi connectivity index (χ1) is 4.89. The van der Waals surface area contributed by atoms with Crippen molar-refractivity contribution in [3.63, 3.8) is 0 Å². The van der Waals surface area contributed by atoms with Gasteiger partial charge in [0.05, 0.1) is 0 Å². The van der Waals surface area contributed by atoms with Gasteiger partial charge < -0.3 is 0 Å². The van der Waals surface area contributed by atoms with E-state index in [1.54, 1.807) is 0 Å². The van der Waals surface area contributed by atoms with E-state index in [1.165, 1.54) is 6.42 Å². The van der Waals surface area contributed by atoms with Gasteiger partial charge in [-0.1, -0.05) is 41.0 Å². The van der Waals surface area contributed by atoms with Crippen LogP contribution in [0.3, 0.4) is 0 Å². The predicted molar refractivity (Wildman–Crippen MR) is 53.2 cm³/mol. The van der Waals surface area contributed by atoms with Crippen LogP contribution >= 0.6 is 11.6 Å². The van der Waals surface area contributed by atoms with Crippen molar-refractivity contribution >= 4 is 11.6 Å². The van der Waals surface area contributed by atoms with Crippen LogP contribution in [0.2, 0.25) is 0 Å².